The van der Waals surface area contributed by atoms with Crippen molar-refractivity contribution in [1.29, 1.82) is 0 Å². The van der Waals surface area contributed by atoms with Gasteiger partial charge in [-0.1, -0.05) is 12.1 Å². The number of hydrogen-bond donors (Lipinski definition) is 1. The number of fused-ring (bicyclic) bond motifs is 2. The number of amides is 2. The second-order valence-electron chi connectivity index (χ2n) is 6.86. The normalized spacial score (nSPS) is 29.0. The van der Waals surface area contributed by atoms with E-state index in [0.717, 1.165) is 31.7 Å². The van der Waals surface area contributed by atoms with Gasteiger partial charge in [-0.15, -0.1) is 0 Å². The fourth-order valence-corrected chi connectivity index (χ4v) is 4.14. The molecule has 0 aromatic heterocycles. The Hall–Kier alpha value is -2.08. The highest BCUT2D eigenvalue weighted by Crippen LogP contribution is 2.32. The van der Waals surface area contributed by atoms with Crippen LogP contribution in [-0.4, -0.2) is 59.9 Å². The van der Waals surface area contributed by atoms with Crippen LogP contribution in [0.4, 0.5) is 0 Å². The van der Waals surface area contributed by atoms with E-state index >= 15 is 0 Å². The molecule has 0 saturated carbocycles. The summed E-state index contributed by atoms with van der Waals surface area (Å²) in [6.45, 7) is 2.10. The van der Waals surface area contributed by atoms with E-state index in [0.29, 0.717) is 13.0 Å². The van der Waals surface area contributed by atoms with Gasteiger partial charge >= 0.3 is 0 Å². The van der Waals surface area contributed by atoms with Crippen LogP contribution in [0.15, 0.2) is 24.3 Å². The second kappa shape index (κ2) is 6.09. The van der Waals surface area contributed by atoms with Gasteiger partial charge in [0.25, 0.3) is 0 Å². The summed E-state index contributed by atoms with van der Waals surface area (Å²) < 4.78 is 5.16. The minimum absolute atomic E-state index is 0.144. The molecule has 0 spiro atoms. The topological polar surface area (TPSA) is 61.9 Å². The van der Waals surface area contributed by atoms with Crippen molar-refractivity contribution in [1.82, 2.24) is 15.1 Å². The van der Waals surface area contributed by atoms with Crippen LogP contribution < -0.4 is 10.1 Å². The summed E-state index contributed by atoms with van der Waals surface area (Å²) in [7, 11) is 1.65. The van der Waals surface area contributed by atoms with Crippen molar-refractivity contribution in [3.8, 4) is 5.75 Å². The smallest absolute Gasteiger partial charge is 0.246 e. The predicted octanol–water partition coefficient (Wildman–Crippen LogP) is 0.759. The first-order valence-corrected chi connectivity index (χ1v) is 8.64. The Balaban J connectivity index is 1.39. The fourth-order valence-electron chi connectivity index (χ4n) is 4.14. The summed E-state index contributed by atoms with van der Waals surface area (Å²) in [5.74, 6) is 1.13. The summed E-state index contributed by atoms with van der Waals surface area (Å²) >= 11 is 0. The van der Waals surface area contributed by atoms with Crippen LogP contribution in [0.1, 0.15) is 24.8 Å². The lowest BCUT2D eigenvalue weighted by atomic mass is 10.1. The molecule has 6 heteroatoms. The molecule has 0 radical (unpaired) electrons. The van der Waals surface area contributed by atoms with E-state index in [4.69, 9.17) is 4.74 Å². The third-order valence-electron chi connectivity index (χ3n) is 5.44. The molecule has 0 unspecified atom stereocenters. The van der Waals surface area contributed by atoms with Gasteiger partial charge in [-0.3, -0.25) is 9.59 Å². The van der Waals surface area contributed by atoms with Gasteiger partial charge in [-0.25, -0.2) is 0 Å². The number of rotatable bonds is 4. The Morgan fingerprint density at radius 2 is 1.88 bits per heavy atom. The Bertz CT molecular complexity index is 615. The zero-order valence-corrected chi connectivity index (χ0v) is 13.9. The number of ether oxygens (including phenoxy) is 1. The lowest BCUT2D eigenvalue weighted by molar-refractivity contribution is -0.156. The maximum atomic E-state index is 12.6. The number of piperazine rings is 1. The van der Waals surface area contributed by atoms with Crippen LogP contribution in [0.5, 0.6) is 5.75 Å². The van der Waals surface area contributed by atoms with E-state index in [1.807, 2.05) is 24.3 Å². The molecule has 1 N–H and O–H groups in total. The fraction of sp³-hybridized carbons (Fsp3) is 0.556. The summed E-state index contributed by atoms with van der Waals surface area (Å²) in [6.07, 6.45) is 2.48. The number of methoxy groups -OCH3 is 1. The van der Waals surface area contributed by atoms with Gasteiger partial charge in [-0.2, -0.15) is 0 Å². The first kappa shape index (κ1) is 15.4. The molecule has 3 atom stereocenters. The molecule has 128 valence electrons. The van der Waals surface area contributed by atoms with Gasteiger partial charge in [0.1, 0.15) is 17.8 Å². The van der Waals surface area contributed by atoms with Gasteiger partial charge in [0.05, 0.1) is 7.11 Å². The highest BCUT2D eigenvalue weighted by molar-refractivity contribution is 5.98. The first-order chi connectivity index (χ1) is 11.7. The van der Waals surface area contributed by atoms with E-state index in [9.17, 15) is 9.59 Å². The van der Waals surface area contributed by atoms with Crippen LogP contribution in [0.25, 0.3) is 0 Å². The molecule has 3 saturated heterocycles. The average Bonchev–Trinajstić information content (AvgIpc) is 3.26. The molecule has 0 bridgehead atoms. The number of nitrogens with zero attached hydrogens (tertiary/aromatic N) is 2. The number of hydrogen-bond acceptors (Lipinski definition) is 4. The van der Waals surface area contributed by atoms with Crippen molar-refractivity contribution in [2.24, 2.45) is 0 Å². The maximum absolute atomic E-state index is 12.6. The number of carbonyl (C=O) groups is 2. The van der Waals surface area contributed by atoms with Gasteiger partial charge in [-0.05, 0) is 37.0 Å². The molecule has 0 aliphatic carbocycles. The van der Waals surface area contributed by atoms with Gasteiger partial charge < -0.3 is 19.9 Å². The molecule has 3 aliphatic rings. The van der Waals surface area contributed by atoms with E-state index in [-0.39, 0.29) is 29.9 Å². The van der Waals surface area contributed by atoms with Crippen molar-refractivity contribution in [2.75, 3.05) is 20.2 Å². The molecule has 1 aromatic carbocycles. The van der Waals surface area contributed by atoms with E-state index in [1.54, 1.807) is 16.9 Å². The summed E-state index contributed by atoms with van der Waals surface area (Å²) in [6, 6.07) is 7.65. The van der Waals surface area contributed by atoms with Crippen LogP contribution in [0, 0.1) is 0 Å². The zero-order valence-electron chi connectivity index (χ0n) is 13.9. The molecule has 24 heavy (non-hydrogen) atoms. The molecule has 6 nitrogen and oxygen atoms in total. The van der Waals surface area contributed by atoms with Crippen LogP contribution in [0.3, 0.4) is 0 Å². The SMILES string of the molecule is COc1ccc(CN[C@H]2C[C@H]3C(=O)N4CCC[C@H]4C(=O)N3C2)cc1. The third kappa shape index (κ3) is 2.55. The molecule has 4 rings (SSSR count). The summed E-state index contributed by atoms with van der Waals surface area (Å²) in [5, 5.41) is 3.49. The molecule has 3 fully saturated rings. The van der Waals surface area contributed by atoms with Gasteiger partial charge in [0.15, 0.2) is 0 Å². The molecule has 2 amide bonds. The standard InChI is InChI=1S/C18H23N3O3/c1-24-14-6-4-12(5-7-14)10-19-13-9-16-18(23)20-8-2-3-15(20)17(22)21(16)11-13/h4-7,13,15-16,19H,2-3,8-11H2,1H3/t13-,15-,16-/m0/s1. The Morgan fingerprint density at radius 3 is 2.62 bits per heavy atom. The van der Waals surface area contributed by atoms with Crippen LogP contribution >= 0.6 is 0 Å². The van der Waals surface area contributed by atoms with E-state index in [1.165, 1.54) is 5.56 Å². The first-order valence-electron chi connectivity index (χ1n) is 8.64. The van der Waals surface area contributed by atoms with Crippen LogP contribution in [-0.2, 0) is 16.1 Å². The van der Waals surface area contributed by atoms with Crippen molar-refractivity contribution < 1.29 is 14.3 Å². The maximum Gasteiger partial charge on any atom is 0.246 e. The van der Waals surface area contributed by atoms with E-state index < -0.39 is 0 Å². The summed E-state index contributed by atoms with van der Waals surface area (Å²) in [5.41, 5.74) is 1.17. The Labute approximate surface area is 141 Å². The van der Waals surface area contributed by atoms with Crippen molar-refractivity contribution >= 4 is 11.8 Å². The largest absolute Gasteiger partial charge is 0.497 e. The Kier molecular flexibility index (Phi) is 3.92. The molecular weight excluding hydrogens is 306 g/mol. The Morgan fingerprint density at radius 1 is 1.12 bits per heavy atom. The molecule has 1 aromatic rings. The average molecular weight is 329 g/mol. The minimum Gasteiger partial charge on any atom is -0.497 e. The third-order valence-corrected chi connectivity index (χ3v) is 5.44. The minimum atomic E-state index is -0.264. The quantitative estimate of drug-likeness (QED) is 0.886. The van der Waals surface area contributed by atoms with Crippen LogP contribution in [0.2, 0.25) is 0 Å². The van der Waals surface area contributed by atoms with Gasteiger partial charge in [0.2, 0.25) is 11.8 Å². The van der Waals surface area contributed by atoms with Gasteiger partial charge in [0, 0.05) is 25.7 Å². The lowest BCUT2D eigenvalue weighted by Gasteiger charge is -2.38. The second-order valence-corrected chi connectivity index (χ2v) is 6.86. The molecule has 3 heterocycles. The highest BCUT2D eigenvalue weighted by atomic mass is 16.5. The van der Waals surface area contributed by atoms with Crippen molar-refractivity contribution in [3.63, 3.8) is 0 Å². The molecular formula is C18H23N3O3. The highest BCUT2D eigenvalue weighted by Gasteiger charge is 2.51. The molecule has 3 aliphatic heterocycles. The summed E-state index contributed by atoms with van der Waals surface area (Å²) in [4.78, 5) is 28.8. The zero-order chi connectivity index (χ0) is 16.7. The predicted molar refractivity (Wildman–Crippen MR) is 88.5 cm³/mol. The van der Waals surface area contributed by atoms with Crippen molar-refractivity contribution in [2.45, 2.75) is 43.9 Å². The lowest BCUT2D eigenvalue weighted by Crippen LogP contribution is -2.60. The number of benzene rings is 1. The van der Waals surface area contributed by atoms with Crippen molar-refractivity contribution in [3.05, 3.63) is 29.8 Å². The number of carbonyl (C=O) groups excluding carboxylic acids is 2. The number of nitrogens with one attached hydrogen (secondary N) is 1. The monoisotopic (exact) mass is 329 g/mol. The van der Waals surface area contributed by atoms with E-state index in [2.05, 4.69) is 5.32 Å².